The van der Waals surface area contributed by atoms with Gasteiger partial charge in [-0.3, -0.25) is 57.8 Å². The molecule has 12 unspecified atom stereocenters. The highest BCUT2D eigenvalue weighted by atomic mass is 16.7. The zero-order valence-corrected chi connectivity index (χ0v) is 48.5. The highest BCUT2D eigenvalue weighted by Crippen LogP contribution is 2.49. The van der Waals surface area contributed by atoms with E-state index in [1.165, 1.54) is 45.5 Å². The van der Waals surface area contributed by atoms with E-state index in [4.69, 9.17) is 9.47 Å². The third-order valence-electron chi connectivity index (χ3n) is 20.3. The van der Waals surface area contributed by atoms with Gasteiger partial charge in [0.25, 0.3) is 23.6 Å². The highest BCUT2D eigenvalue weighted by molar-refractivity contribution is 6.03. The van der Waals surface area contributed by atoms with E-state index in [1.807, 2.05) is 99.0 Å². The molecule has 0 saturated carbocycles. The SMILES string of the molecule is CN1CC(C(=O)NC2(C)OC3(O)C4CCCN4C(=O)C(Cc4ccccc4)N3C2=O)C=C2c3cccc4[nH]cc(c34)CC21.CN1CC(C(=O)NC2(C)OC3(O)C4CCCN4C(=O)C(Cc4ccccc4)N3C2=O)C=C2c3cccc4[nH]cc(c34)CC21. The molecule has 0 spiro atoms. The molecule has 12 atom stereocenters. The van der Waals surface area contributed by atoms with Crippen LogP contribution in [0.15, 0.2) is 122 Å². The van der Waals surface area contributed by atoms with Crippen molar-refractivity contribution in [3.8, 4) is 0 Å². The zero-order valence-electron chi connectivity index (χ0n) is 48.5. The van der Waals surface area contributed by atoms with Gasteiger partial charge < -0.3 is 40.6 Å². The lowest BCUT2D eigenvalue weighted by atomic mass is 9.79. The number of aliphatic hydroxyl groups is 2. The number of H-pyrrole nitrogens is 2. The normalized spacial score (nSPS) is 33.3. The van der Waals surface area contributed by atoms with Gasteiger partial charge in [0, 0.05) is 85.3 Å². The highest BCUT2D eigenvalue weighted by Gasteiger charge is 2.71. The number of aromatic nitrogens is 2. The van der Waals surface area contributed by atoms with E-state index >= 15 is 0 Å². The molecule has 6 amide bonds. The molecule has 0 radical (unpaired) electrons. The minimum atomic E-state index is -2.04. The Balaban J connectivity index is 0.000000145. The molecule has 4 aromatic carbocycles. The van der Waals surface area contributed by atoms with Crippen LogP contribution in [0.1, 0.15) is 72.9 Å². The standard InChI is InChI=1S/2C33H35N5O5/c2*1-32(35-29(39)21-15-23-22-10-6-11-24-28(22)20(17-34-24)16-25(23)36(2)18-21)31(41)38-26(14-19-8-4-3-5-9-19)30(40)37-13-7-12-27(37)33(38,42)43-32/h2*3-6,8-11,15,17,21,25-27,34,42H,7,12-14,16,18H2,1-2H3,(H,35,39). The maximum Gasteiger partial charge on any atom is 0.280 e. The van der Waals surface area contributed by atoms with Crippen molar-refractivity contribution in [3.63, 3.8) is 0 Å². The number of ether oxygens (including phenoxy) is 2. The predicted molar refractivity (Wildman–Crippen MR) is 316 cm³/mol. The van der Waals surface area contributed by atoms with Crippen molar-refractivity contribution in [2.75, 3.05) is 40.3 Å². The van der Waals surface area contributed by atoms with E-state index in [1.54, 1.807) is 9.80 Å². The molecular formula is C66H70N10O10. The third kappa shape index (κ3) is 8.23. The number of rotatable bonds is 8. The van der Waals surface area contributed by atoms with Crippen molar-refractivity contribution >= 4 is 68.4 Å². The van der Waals surface area contributed by atoms with Gasteiger partial charge in [0.1, 0.15) is 24.2 Å². The third-order valence-corrected chi connectivity index (χ3v) is 20.3. The molecule has 20 heteroatoms. The van der Waals surface area contributed by atoms with Crippen molar-refractivity contribution in [3.05, 3.63) is 155 Å². The topological polar surface area (TPSA) is 236 Å². The molecule has 6 N–H and O–H groups in total. The van der Waals surface area contributed by atoms with Crippen LogP contribution in [0.2, 0.25) is 0 Å². The number of aromatic amines is 2. The van der Waals surface area contributed by atoms with Crippen LogP contribution in [0.25, 0.3) is 33.0 Å². The van der Waals surface area contributed by atoms with E-state index in [-0.39, 0.29) is 48.6 Å². The molecule has 6 saturated heterocycles. The van der Waals surface area contributed by atoms with Crippen LogP contribution < -0.4 is 10.6 Å². The molecule has 16 rings (SSSR count). The number of nitrogens with one attached hydrogen (secondary N) is 4. The van der Waals surface area contributed by atoms with Gasteiger partial charge in [-0.1, -0.05) is 97.1 Å². The minimum Gasteiger partial charge on any atom is -0.361 e. The maximum atomic E-state index is 14.2. The molecule has 2 aromatic heterocycles. The summed E-state index contributed by atoms with van der Waals surface area (Å²) in [5, 5.41) is 32.2. The van der Waals surface area contributed by atoms with Crippen LogP contribution in [-0.4, -0.2) is 185 Å². The molecule has 10 heterocycles. The average Bonchev–Trinajstić information content (AvgIpc) is 1.83. The van der Waals surface area contributed by atoms with Gasteiger partial charge in [0.05, 0.1) is 11.8 Å². The second kappa shape index (κ2) is 19.8. The van der Waals surface area contributed by atoms with E-state index in [2.05, 4.69) is 67.1 Å². The summed E-state index contributed by atoms with van der Waals surface area (Å²) in [4.78, 5) is 100. The van der Waals surface area contributed by atoms with Gasteiger partial charge >= 0.3 is 0 Å². The van der Waals surface area contributed by atoms with E-state index in [0.29, 0.717) is 51.9 Å². The summed E-state index contributed by atoms with van der Waals surface area (Å²) in [6, 6.07) is 28.2. The Morgan fingerprint density at radius 1 is 0.581 bits per heavy atom. The lowest BCUT2D eigenvalue weighted by Crippen LogP contribution is -2.71. The second-order valence-corrected chi connectivity index (χ2v) is 25.6. The fourth-order valence-electron chi connectivity index (χ4n) is 16.2. The molecule has 2 aliphatic carbocycles. The number of carbonyl (C=O) groups excluding carboxylic acids is 6. The Morgan fingerprint density at radius 2 is 0.988 bits per heavy atom. The summed E-state index contributed by atoms with van der Waals surface area (Å²) in [5.41, 5.74) is 7.17. The van der Waals surface area contributed by atoms with Crippen LogP contribution >= 0.6 is 0 Å². The van der Waals surface area contributed by atoms with Gasteiger partial charge in [-0.2, -0.15) is 0 Å². The first-order chi connectivity index (χ1) is 41.4. The molecule has 8 aliphatic heterocycles. The Morgan fingerprint density at radius 3 is 1.40 bits per heavy atom. The fourth-order valence-corrected chi connectivity index (χ4v) is 16.2. The van der Waals surface area contributed by atoms with Gasteiger partial charge in [-0.25, -0.2) is 0 Å². The van der Waals surface area contributed by atoms with Crippen molar-refractivity contribution in [1.82, 2.24) is 50.0 Å². The summed E-state index contributed by atoms with van der Waals surface area (Å²) >= 11 is 0. The summed E-state index contributed by atoms with van der Waals surface area (Å²) in [7, 11) is 4.04. The molecule has 0 bridgehead atoms. The van der Waals surface area contributed by atoms with E-state index in [0.717, 1.165) is 57.3 Å². The van der Waals surface area contributed by atoms with Crippen LogP contribution in [0.5, 0.6) is 0 Å². The number of likely N-dealkylation sites (N-methyl/N-ethyl adjacent to an activating group) is 2. The molecule has 6 aromatic rings. The number of nitrogens with zero attached hydrogens (tertiary/aromatic N) is 6. The molecule has 86 heavy (non-hydrogen) atoms. The summed E-state index contributed by atoms with van der Waals surface area (Å²) in [6.07, 6.45) is 12.8. The van der Waals surface area contributed by atoms with Crippen molar-refractivity contribution < 1.29 is 48.5 Å². The molecule has 10 aliphatic rings. The fraction of sp³-hybridized carbons (Fsp3) is 0.424. The van der Waals surface area contributed by atoms with Crippen LogP contribution in [0, 0.1) is 11.8 Å². The predicted octanol–water partition coefficient (Wildman–Crippen LogP) is 3.98. The van der Waals surface area contributed by atoms with Crippen LogP contribution in [0.3, 0.4) is 0 Å². The van der Waals surface area contributed by atoms with Crippen molar-refractivity contribution in [2.24, 2.45) is 11.8 Å². The first-order valence-corrected chi connectivity index (χ1v) is 30.2. The first-order valence-electron chi connectivity index (χ1n) is 30.2. The summed E-state index contributed by atoms with van der Waals surface area (Å²) in [5.74, 6) is -7.53. The molecule has 20 nitrogen and oxygen atoms in total. The molecule has 6 fully saturated rings. The lowest BCUT2D eigenvalue weighted by molar-refractivity contribution is -0.315. The van der Waals surface area contributed by atoms with Crippen molar-refractivity contribution in [1.29, 1.82) is 0 Å². The number of hydrogen-bond donors (Lipinski definition) is 6. The van der Waals surface area contributed by atoms with E-state index < -0.39 is 71.1 Å². The zero-order chi connectivity index (χ0) is 59.3. The van der Waals surface area contributed by atoms with Crippen LogP contribution in [-0.2, 0) is 63.9 Å². The Labute approximate surface area is 496 Å². The quantitative estimate of drug-likeness (QED) is 0.127. The average molecular weight is 1160 g/mol. The number of fused-ring (bicyclic) bond motifs is 10. The number of benzene rings is 4. The Bertz CT molecular complexity index is 3650. The minimum absolute atomic E-state index is 0.144. The Kier molecular flexibility index (Phi) is 12.6. The number of hydrogen-bond acceptors (Lipinski definition) is 12. The largest absolute Gasteiger partial charge is 0.361 e. The van der Waals surface area contributed by atoms with Gasteiger partial charge in [0.15, 0.2) is 0 Å². The molecule has 444 valence electrons. The number of piperazine rings is 2. The number of carbonyl (C=O) groups is 6. The second-order valence-electron chi connectivity index (χ2n) is 25.6. The smallest absolute Gasteiger partial charge is 0.280 e. The maximum absolute atomic E-state index is 14.2. The van der Waals surface area contributed by atoms with Gasteiger partial charge in [-0.05, 0) is 123 Å². The van der Waals surface area contributed by atoms with Gasteiger partial charge in [-0.15, -0.1) is 0 Å². The lowest BCUT2D eigenvalue weighted by Gasteiger charge is -2.48. The Hall–Kier alpha value is -7.98. The monoisotopic (exact) mass is 1160 g/mol. The van der Waals surface area contributed by atoms with E-state index in [9.17, 15) is 39.0 Å². The van der Waals surface area contributed by atoms with Gasteiger partial charge in [0.2, 0.25) is 35.1 Å². The number of amides is 6. The molecular weight excluding hydrogens is 1090 g/mol. The summed E-state index contributed by atoms with van der Waals surface area (Å²) < 4.78 is 12.5. The van der Waals surface area contributed by atoms with Crippen LogP contribution in [0.4, 0.5) is 0 Å². The first kappa shape index (κ1) is 54.7. The summed E-state index contributed by atoms with van der Waals surface area (Å²) in [6.45, 7) is 4.90. The van der Waals surface area contributed by atoms with Crippen molar-refractivity contribution in [2.45, 2.75) is 125 Å².